The van der Waals surface area contributed by atoms with Crippen molar-refractivity contribution in [2.45, 2.75) is 13.5 Å². The Hall–Kier alpha value is -2.11. The van der Waals surface area contributed by atoms with Crippen LogP contribution in [0.15, 0.2) is 36.4 Å². The Kier molecular flexibility index (Phi) is 4.22. The van der Waals surface area contributed by atoms with Gasteiger partial charge in [0.1, 0.15) is 5.75 Å². The number of hydrogen-bond donors (Lipinski definition) is 1. The Labute approximate surface area is 121 Å². The summed E-state index contributed by atoms with van der Waals surface area (Å²) in [4.78, 5) is 10.5. The molecule has 0 aliphatic rings. The van der Waals surface area contributed by atoms with E-state index in [-0.39, 0.29) is 11.4 Å². The number of nitro groups is 1. The molecule has 0 fully saturated rings. The lowest BCUT2D eigenvalue weighted by molar-refractivity contribution is -0.385. The van der Waals surface area contributed by atoms with E-state index in [9.17, 15) is 10.1 Å². The zero-order valence-corrected chi connectivity index (χ0v) is 11.6. The normalized spacial score (nSPS) is 10.3. The summed E-state index contributed by atoms with van der Waals surface area (Å²) in [7, 11) is 0. The summed E-state index contributed by atoms with van der Waals surface area (Å²) in [5, 5.41) is 11.4. The summed E-state index contributed by atoms with van der Waals surface area (Å²) in [6, 6.07) is 9.85. The van der Waals surface area contributed by atoms with Crippen LogP contribution < -0.4 is 10.5 Å². The molecule has 0 saturated heterocycles. The molecule has 2 rings (SSSR count). The first-order valence-electron chi connectivity index (χ1n) is 5.93. The van der Waals surface area contributed by atoms with Crippen LogP contribution in [0.3, 0.4) is 0 Å². The van der Waals surface area contributed by atoms with E-state index in [1.165, 1.54) is 6.07 Å². The summed E-state index contributed by atoms with van der Waals surface area (Å²) < 4.78 is 5.62. The van der Waals surface area contributed by atoms with Crippen molar-refractivity contribution in [1.82, 2.24) is 0 Å². The molecule has 6 heteroatoms. The van der Waals surface area contributed by atoms with E-state index in [1.807, 2.05) is 0 Å². The average Bonchev–Trinajstić information content (AvgIpc) is 2.42. The van der Waals surface area contributed by atoms with Crippen LogP contribution in [0.1, 0.15) is 11.1 Å². The van der Waals surface area contributed by atoms with Gasteiger partial charge >= 0.3 is 5.69 Å². The standard InChI is InChI=1S/C14H13ClN2O3/c1-9-3-2-4-12(17(18)19)14(9)20-13-6-5-10(8-16)7-11(13)15/h2-7H,8,16H2,1H3. The third-order valence-corrected chi connectivity index (χ3v) is 3.13. The molecule has 2 N–H and O–H groups in total. The van der Waals surface area contributed by atoms with Gasteiger partial charge < -0.3 is 10.5 Å². The van der Waals surface area contributed by atoms with Gasteiger partial charge in [-0.15, -0.1) is 0 Å². The molecular weight excluding hydrogens is 280 g/mol. The first-order valence-corrected chi connectivity index (χ1v) is 6.31. The Balaban J connectivity index is 2.42. The van der Waals surface area contributed by atoms with Crippen LogP contribution in [0.2, 0.25) is 5.02 Å². The highest BCUT2D eigenvalue weighted by Crippen LogP contribution is 2.37. The fourth-order valence-corrected chi connectivity index (χ4v) is 2.02. The predicted octanol–water partition coefficient (Wildman–Crippen LogP) is 3.81. The molecule has 0 unspecified atom stereocenters. The number of nitrogens with two attached hydrogens (primary N) is 1. The molecule has 0 aliphatic carbocycles. The third-order valence-electron chi connectivity index (χ3n) is 2.83. The number of hydrogen-bond acceptors (Lipinski definition) is 4. The van der Waals surface area contributed by atoms with Crippen LogP contribution in [0.4, 0.5) is 5.69 Å². The topological polar surface area (TPSA) is 78.4 Å². The van der Waals surface area contributed by atoms with Gasteiger partial charge in [0.05, 0.1) is 9.95 Å². The highest BCUT2D eigenvalue weighted by Gasteiger charge is 2.18. The lowest BCUT2D eigenvalue weighted by atomic mass is 10.2. The molecule has 0 bridgehead atoms. The first kappa shape index (κ1) is 14.3. The van der Waals surface area contributed by atoms with Gasteiger partial charge in [-0.2, -0.15) is 0 Å². The first-order chi connectivity index (χ1) is 9.52. The van der Waals surface area contributed by atoms with Crippen LogP contribution >= 0.6 is 11.6 Å². The smallest absolute Gasteiger partial charge is 0.311 e. The lowest BCUT2D eigenvalue weighted by Crippen LogP contribution is -1.98. The summed E-state index contributed by atoms with van der Waals surface area (Å²) >= 11 is 6.09. The van der Waals surface area contributed by atoms with E-state index in [4.69, 9.17) is 22.1 Å². The van der Waals surface area contributed by atoms with E-state index < -0.39 is 4.92 Å². The summed E-state index contributed by atoms with van der Waals surface area (Å²) in [5.74, 6) is 0.557. The van der Waals surface area contributed by atoms with Gasteiger partial charge in [-0.1, -0.05) is 29.8 Å². The number of nitrogens with zero attached hydrogens (tertiary/aromatic N) is 1. The van der Waals surface area contributed by atoms with Gasteiger partial charge in [0.15, 0.2) is 0 Å². The third kappa shape index (κ3) is 2.89. The maximum atomic E-state index is 11.0. The molecule has 0 aliphatic heterocycles. The Morgan fingerprint density at radius 2 is 2.10 bits per heavy atom. The van der Waals surface area contributed by atoms with Gasteiger partial charge in [0, 0.05) is 12.6 Å². The number of para-hydroxylation sites is 1. The van der Waals surface area contributed by atoms with E-state index in [1.54, 1.807) is 37.3 Å². The van der Waals surface area contributed by atoms with Gasteiger partial charge in [0.25, 0.3) is 0 Å². The van der Waals surface area contributed by atoms with Gasteiger partial charge in [0.2, 0.25) is 5.75 Å². The quantitative estimate of drug-likeness (QED) is 0.686. The lowest BCUT2D eigenvalue weighted by Gasteiger charge is -2.11. The van der Waals surface area contributed by atoms with Crippen molar-refractivity contribution in [3.05, 3.63) is 62.7 Å². The Morgan fingerprint density at radius 3 is 2.70 bits per heavy atom. The fourth-order valence-electron chi connectivity index (χ4n) is 1.78. The SMILES string of the molecule is Cc1cccc([N+](=O)[O-])c1Oc1ccc(CN)cc1Cl. The molecule has 104 valence electrons. The molecule has 5 nitrogen and oxygen atoms in total. The van der Waals surface area contributed by atoms with Crippen molar-refractivity contribution < 1.29 is 9.66 Å². The molecule has 2 aromatic rings. The monoisotopic (exact) mass is 292 g/mol. The van der Waals surface area contributed by atoms with Crippen molar-refractivity contribution in [3.8, 4) is 11.5 Å². The van der Waals surface area contributed by atoms with Crippen LogP contribution in [0.5, 0.6) is 11.5 Å². The van der Waals surface area contributed by atoms with Crippen LogP contribution in [-0.4, -0.2) is 4.92 Å². The molecule has 0 spiro atoms. The summed E-state index contributed by atoms with van der Waals surface area (Å²) in [5.41, 5.74) is 6.95. The molecule has 0 heterocycles. The zero-order valence-electron chi connectivity index (χ0n) is 10.8. The Morgan fingerprint density at radius 1 is 1.35 bits per heavy atom. The number of nitro benzene ring substituents is 1. The Bertz CT molecular complexity index is 659. The number of halogens is 1. The second-order valence-electron chi connectivity index (χ2n) is 4.25. The molecule has 2 aromatic carbocycles. The van der Waals surface area contributed by atoms with Crippen molar-refractivity contribution in [2.75, 3.05) is 0 Å². The van der Waals surface area contributed by atoms with Gasteiger partial charge in [-0.3, -0.25) is 10.1 Å². The van der Waals surface area contributed by atoms with E-state index in [0.29, 0.717) is 22.9 Å². The van der Waals surface area contributed by atoms with Gasteiger partial charge in [-0.25, -0.2) is 0 Å². The van der Waals surface area contributed by atoms with Crippen molar-refractivity contribution in [2.24, 2.45) is 5.73 Å². The minimum absolute atomic E-state index is 0.0935. The van der Waals surface area contributed by atoms with Crippen molar-refractivity contribution in [1.29, 1.82) is 0 Å². The minimum atomic E-state index is -0.482. The van der Waals surface area contributed by atoms with Gasteiger partial charge in [-0.05, 0) is 30.2 Å². The fraction of sp³-hybridized carbons (Fsp3) is 0.143. The van der Waals surface area contributed by atoms with Crippen LogP contribution in [-0.2, 0) is 6.54 Å². The second-order valence-corrected chi connectivity index (χ2v) is 4.66. The van der Waals surface area contributed by atoms with E-state index in [0.717, 1.165) is 5.56 Å². The zero-order chi connectivity index (χ0) is 14.7. The largest absolute Gasteiger partial charge is 0.448 e. The number of benzene rings is 2. The average molecular weight is 293 g/mol. The molecule has 20 heavy (non-hydrogen) atoms. The molecule has 0 saturated carbocycles. The number of aryl methyl sites for hydroxylation is 1. The molecule has 0 atom stereocenters. The highest BCUT2D eigenvalue weighted by molar-refractivity contribution is 6.32. The summed E-state index contributed by atoms with van der Waals surface area (Å²) in [6.07, 6.45) is 0. The number of rotatable bonds is 4. The minimum Gasteiger partial charge on any atom is -0.448 e. The maximum Gasteiger partial charge on any atom is 0.311 e. The highest BCUT2D eigenvalue weighted by atomic mass is 35.5. The molecule has 0 aromatic heterocycles. The van der Waals surface area contributed by atoms with Crippen LogP contribution in [0.25, 0.3) is 0 Å². The number of ether oxygens (including phenoxy) is 1. The van der Waals surface area contributed by atoms with Crippen molar-refractivity contribution in [3.63, 3.8) is 0 Å². The van der Waals surface area contributed by atoms with Crippen molar-refractivity contribution >= 4 is 17.3 Å². The maximum absolute atomic E-state index is 11.0. The molecule has 0 radical (unpaired) electrons. The van der Waals surface area contributed by atoms with Crippen LogP contribution in [0, 0.1) is 17.0 Å². The summed E-state index contributed by atoms with van der Waals surface area (Å²) in [6.45, 7) is 2.11. The molecule has 0 amide bonds. The molecular formula is C14H13ClN2O3. The second kappa shape index (κ2) is 5.90. The predicted molar refractivity (Wildman–Crippen MR) is 77.3 cm³/mol. The van der Waals surface area contributed by atoms with E-state index in [2.05, 4.69) is 0 Å². The van der Waals surface area contributed by atoms with E-state index >= 15 is 0 Å².